The Morgan fingerprint density at radius 3 is 2.58 bits per heavy atom. The van der Waals surface area contributed by atoms with Crippen molar-refractivity contribution >= 4 is 52.1 Å². The molecule has 0 fully saturated rings. The number of aromatic nitrogens is 3. The summed E-state index contributed by atoms with van der Waals surface area (Å²) in [5.41, 5.74) is 13.0. The second kappa shape index (κ2) is 13.1. The van der Waals surface area contributed by atoms with Crippen LogP contribution in [0.2, 0.25) is 0 Å². The van der Waals surface area contributed by atoms with E-state index >= 15 is 0 Å². The molecule has 9 nitrogen and oxygen atoms in total. The van der Waals surface area contributed by atoms with E-state index in [-0.39, 0.29) is 43.9 Å². The Balaban J connectivity index is 1.76. The summed E-state index contributed by atoms with van der Waals surface area (Å²) in [6.07, 6.45) is 6.35. The normalized spacial score (nSPS) is 16.2. The maximum Gasteiger partial charge on any atom is 0.303 e. The van der Waals surface area contributed by atoms with Gasteiger partial charge in [0.15, 0.2) is 12.1 Å². The van der Waals surface area contributed by atoms with Gasteiger partial charge < -0.3 is 19.8 Å². The highest BCUT2D eigenvalue weighted by atomic mass is 16.4. The Morgan fingerprint density at radius 2 is 1.84 bits per heavy atom. The summed E-state index contributed by atoms with van der Waals surface area (Å²) >= 11 is 0. The van der Waals surface area contributed by atoms with Gasteiger partial charge in [-0.15, -0.1) is 0 Å². The van der Waals surface area contributed by atoms with Crippen molar-refractivity contribution in [1.82, 2.24) is 19.7 Å². The number of carboxylic acid groups (broad SMARTS) is 1. The van der Waals surface area contributed by atoms with Crippen molar-refractivity contribution in [3.05, 3.63) is 80.9 Å². The minimum absolute atomic E-state index is 0.0168. The molecule has 0 aliphatic carbocycles. The molecule has 234 valence electrons. The van der Waals surface area contributed by atoms with Crippen molar-refractivity contribution in [2.75, 3.05) is 6.54 Å². The predicted octanol–water partition coefficient (Wildman–Crippen LogP) is 6.04. The second-order valence-electron chi connectivity index (χ2n) is 12.2. The predicted molar refractivity (Wildman–Crippen MR) is 175 cm³/mol. The third kappa shape index (κ3) is 6.82. The van der Waals surface area contributed by atoms with Crippen molar-refractivity contribution in [3.63, 3.8) is 0 Å². The maximum absolute atomic E-state index is 12.8. The summed E-state index contributed by atoms with van der Waals surface area (Å²) in [5.74, 6) is -1.33. The molecule has 3 aromatic rings. The van der Waals surface area contributed by atoms with Crippen LogP contribution >= 0.6 is 0 Å². The molecule has 0 aromatic carbocycles. The fraction of sp³-hybridized carbons (Fsp3) is 0.361. The fourth-order valence-corrected chi connectivity index (χ4v) is 6.37. The van der Waals surface area contributed by atoms with Crippen LogP contribution in [0, 0.1) is 13.8 Å². The van der Waals surface area contributed by atoms with Crippen LogP contribution in [0.3, 0.4) is 0 Å². The van der Waals surface area contributed by atoms with Gasteiger partial charge in [-0.2, -0.15) is 0 Å². The zero-order valence-electron chi connectivity index (χ0n) is 26.5. The van der Waals surface area contributed by atoms with Crippen LogP contribution in [0.25, 0.3) is 28.2 Å². The Labute approximate surface area is 262 Å². The SMILES string of the molecule is CC1=C(CCC(=O)O)/C(C)=C/c2c(CCC(=O)NCCC(=O)C=O)c(C)c3cc4[nH]c(cc5nc(cc1cn23)CC5C)cc4C. The molecule has 1 unspecified atom stereocenters. The van der Waals surface area contributed by atoms with Gasteiger partial charge in [-0.1, -0.05) is 6.92 Å². The maximum atomic E-state index is 12.8. The highest BCUT2D eigenvalue weighted by Gasteiger charge is 2.21. The van der Waals surface area contributed by atoms with Crippen molar-refractivity contribution in [1.29, 1.82) is 0 Å². The van der Waals surface area contributed by atoms with Gasteiger partial charge in [-0.25, -0.2) is 0 Å². The number of hydrogen-bond acceptors (Lipinski definition) is 5. The molecule has 0 radical (unpaired) electrons. The molecule has 6 bridgehead atoms. The topological polar surface area (TPSA) is 134 Å². The number of fused-ring (bicyclic) bond motifs is 5. The molecular weight excluding hydrogens is 568 g/mol. The molecule has 5 rings (SSSR count). The zero-order chi connectivity index (χ0) is 32.4. The van der Waals surface area contributed by atoms with Crippen LogP contribution in [0.5, 0.6) is 0 Å². The van der Waals surface area contributed by atoms with E-state index in [1.54, 1.807) is 0 Å². The summed E-state index contributed by atoms with van der Waals surface area (Å²) in [6.45, 7) is 10.5. The quantitative estimate of drug-likeness (QED) is 0.190. The van der Waals surface area contributed by atoms with E-state index in [1.165, 1.54) is 0 Å². The lowest BCUT2D eigenvalue weighted by Gasteiger charge is -2.16. The number of aliphatic carboxylic acids is 1. The summed E-state index contributed by atoms with van der Waals surface area (Å²) in [4.78, 5) is 55.0. The van der Waals surface area contributed by atoms with E-state index in [0.29, 0.717) is 12.8 Å². The van der Waals surface area contributed by atoms with Crippen molar-refractivity contribution in [2.24, 2.45) is 0 Å². The number of nitrogens with one attached hydrogen (secondary N) is 2. The third-order valence-corrected chi connectivity index (χ3v) is 8.94. The summed E-state index contributed by atoms with van der Waals surface area (Å²) in [6, 6.07) is 8.53. The number of H-pyrrole nitrogens is 1. The first-order valence-corrected chi connectivity index (χ1v) is 15.4. The lowest BCUT2D eigenvalue weighted by atomic mass is 9.91. The Morgan fingerprint density at radius 1 is 1.07 bits per heavy atom. The van der Waals surface area contributed by atoms with Crippen LogP contribution in [0.15, 0.2) is 41.6 Å². The highest BCUT2D eigenvalue weighted by molar-refractivity contribution is 6.25. The zero-order valence-corrected chi connectivity index (χ0v) is 26.5. The molecule has 9 heteroatoms. The molecule has 2 aliphatic rings. The van der Waals surface area contributed by atoms with Crippen LogP contribution in [-0.2, 0) is 32.0 Å². The summed E-state index contributed by atoms with van der Waals surface area (Å²) in [5, 5.41) is 12.3. The molecule has 3 aromatic heterocycles. The number of hydrogen-bond donors (Lipinski definition) is 3. The Hall–Kier alpha value is -4.79. The van der Waals surface area contributed by atoms with Gasteiger partial charge in [-0.3, -0.25) is 24.2 Å². The third-order valence-electron chi connectivity index (χ3n) is 8.94. The molecule has 0 spiro atoms. The smallest absolute Gasteiger partial charge is 0.303 e. The van der Waals surface area contributed by atoms with Crippen LogP contribution in [-0.4, -0.2) is 50.0 Å². The van der Waals surface area contributed by atoms with Crippen molar-refractivity contribution < 1.29 is 24.3 Å². The molecule has 5 heterocycles. The van der Waals surface area contributed by atoms with Gasteiger partial charge in [0.1, 0.15) is 0 Å². The number of nitrogens with zero attached hydrogens (tertiary/aromatic N) is 2. The number of carbonyl (C=O) groups is 4. The van der Waals surface area contributed by atoms with Crippen LogP contribution in [0.1, 0.15) is 91.7 Å². The van der Waals surface area contributed by atoms with E-state index in [9.17, 15) is 24.3 Å². The van der Waals surface area contributed by atoms with Gasteiger partial charge in [0.2, 0.25) is 5.91 Å². The number of aryl methyl sites for hydroxylation is 2. The van der Waals surface area contributed by atoms with Crippen LogP contribution in [0.4, 0.5) is 0 Å². The average molecular weight is 609 g/mol. The van der Waals surface area contributed by atoms with Gasteiger partial charge in [-0.05, 0) is 116 Å². The number of Topliss-reactive ketones (excluding diaryl/α,β-unsaturated/α-hetero) is 1. The lowest BCUT2D eigenvalue weighted by molar-refractivity contribution is -0.137. The minimum Gasteiger partial charge on any atom is -0.481 e. The van der Waals surface area contributed by atoms with Crippen molar-refractivity contribution in [3.8, 4) is 0 Å². The number of ketones is 1. The molecule has 2 aliphatic heterocycles. The summed E-state index contributed by atoms with van der Waals surface area (Å²) < 4.78 is 2.18. The molecule has 45 heavy (non-hydrogen) atoms. The highest BCUT2D eigenvalue weighted by Crippen LogP contribution is 2.35. The molecule has 3 N–H and O–H groups in total. The number of carboxylic acids is 1. The Bertz CT molecular complexity index is 1910. The van der Waals surface area contributed by atoms with Gasteiger partial charge in [0.25, 0.3) is 0 Å². The Kier molecular flexibility index (Phi) is 9.18. The standard InChI is InChI=1S/C36H40N4O5/c1-20-14-34-30(6-8-35(43)37-11-10-28(42)19-41)24(5)33-17-32-22(3)13-27(39-32)16-31-21(2)12-26(38-31)15-25(18-40(33)34)23(4)29(20)7-9-36(44)45/h13-19,21,39H,6-12H2,1-5H3,(H,37,43)(H,44,45)/b20-14+,25-18?,26-15?,27-16?,29-23?,32-17?. The molecule has 1 amide bonds. The number of amides is 1. The first kappa shape index (κ1) is 31.6. The van der Waals surface area contributed by atoms with E-state index in [2.05, 4.69) is 78.9 Å². The fourth-order valence-electron chi connectivity index (χ4n) is 6.37. The number of rotatable bonds is 10. The first-order valence-electron chi connectivity index (χ1n) is 15.4. The molecular formula is C36H40N4O5. The average Bonchev–Trinajstić information content (AvgIpc) is 3.59. The monoisotopic (exact) mass is 608 g/mol. The minimum atomic E-state index is -0.847. The number of aldehydes is 1. The number of allylic oxidation sites excluding steroid dienone is 3. The molecule has 0 saturated carbocycles. The van der Waals surface area contributed by atoms with Gasteiger partial charge in [0.05, 0.1) is 5.52 Å². The number of aromatic amines is 1. The first-order chi connectivity index (χ1) is 21.4. The van der Waals surface area contributed by atoms with Crippen LogP contribution < -0.4 is 5.32 Å². The summed E-state index contributed by atoms with van der Waals surface area (Å²) in [7, 11) is 0. The largest absolute Gasteiger partial charge is 0.481 e. The molecule has 1 atom stereocenters. The second-order valence-corrected chi connectivity index (χ2v) is 12.2. The van der Waals surface area contributed by atoms with Gasteiger partial charge in [0, 0.05) is 66.0 Å². The van der Waals surface area contributed by atoms with E-state index in [0.717, 1.165) is 79.0 Å². The van der Waals surface area contributed by atoms with Crippen molar-refractivity contribution in [2.45, 2.75) is 79.1 Å². The van der Waals surface area contributed by atoms with Gasteiger partial charge >= 0.3 is 5.97 Å². The van der Waals surface area contributed by atoms with E-state index < -0.39 is 11.8 Å². The van der Waals surface area contributed by atoms with E-state index in [1.807, 2.05) is 6.92 Å². The molecule has 0 saturated heterocycles. The lowest BCUT2D eigenvalue weighted by Crippen LogP contribution is -2.26. The number of carbonyl (C=O) groups excluding carboxylic acids is 3. The van der Waals surface area contributed by atoms with E-state index in [4.69, 9.17) is 4.98 Å².